The Kier molecular flexibility index (Phi) is 2.68. The molecule has 0 radical (unpaired) electrons. The van der Waals surface area contributed by atoms with E-state index in [0.29, 0.717) is 17.1 Å². The molecule has 1 aromatic heterocycles. The van der Waals surface area contributed by atoms with Crippen LogP contribution in [0.4, 0.5) is 0 Å². The zero-order valence-corrected chi connectivity index (χ0v) is 10.6. The van der Waals surface area contributed by atoms with Gasteiger partial charge in [-0.15, -0.1) is 11.3 Å². The fourth-order valence-electron chi connectivity index (χ4n) is 1.86. The van der Waals surface area contributed by atoms with Gasteiger partial charge in [0.2, 0.25) is 5.91 Å². The molecule has 0 spiro atoms. The smallest absolute Gasteiger partial charge is 0.230 e. The van der Waals surface area contributed by atoms with Crippen molar-refractivity contribution in [1.82, 2.24) is 10.2 Å². The zero-order valence-electron chi connectivity index (χ0n) is 9.78. The number of nitrogens with one attached hydrogen (secondary N) is 1. The number of amides is 1. The number of nitrogens with zero attached hydrogens (tertiary/aromatic N) is 2. The number of hydrogen-bond acceptors (Lipinski definition) is 4. The highest BCUT2D eigenvalue weighted by molar-refractivity contribution is 7.12. The van der Waals surface area contributed by atoms with E-state index in [1.807, 2.05) is 13.0 Å². The Hall–Kier alpha value is -1.80. The summed E-state index contributed by atoms with van der Waals surface area (Å²) >= 11 is 1.41. The van der Waals surface area contributed by atoms with Gasteiger partial charge in [-0.05, 0) is 19.1 Å². The number of carbonyl (C=O) groups is 1. The molecule has 4 nitrogen and oxygen atoms in total. The molecule has 88 valence electrons. The lowest BCUT2D eigenvalue weighted by atomic mass is 9.93. The van der Waals surface area contributed by atoms with Gasteiger partial charge >= 0.3 is 0 Å². The maximum Gasteiger partial charge on any atom is 0.230 e. The number of rotatable bonds is 1. The molecule has 1 aromatic rings. The highest BCUT2D eigenvalue weighted by Crippen LogP contribution is 2.34. The molecule has 1 amide bonds. The molecule has 2 heterocycles. The van der Waals surface area contributed by atoms with E-state index in [0.717, 1.165) is 4.88 Å². The van der Waals surface area contributed by atoms with E-state index in [1.54, 1.807) is 13.1 Å². The number of hydrogen-bond donors (Lipinski definition) is 1. The number of nitriles is 1. The predicted molar refractivity (Wildman–Crippen MR) is 66.0 cm³/mol. The predicted octanol–water partition coefficient (Wildman–Crippen LogP) is 1.76. The summed E-state index contributed by atoms with van der Waals surface area (Å²) in [6.45, 7) is 5.78. The molecule has 0 unspecified atom stereocenters. The van der Waals surface area contributed by atoms with Gasteiger partial charge in [0.05, 0.1) is 12.0 Å². The van der Waals surface area contributed by atoms with Crippen LogP contribution in [0.5, 0.6) is 0 Å². The Morgan fingerprint density at radius 2 is 2.35 bits per heavy atom. The average Bonchev–Trinajstić information content (AvgIpc) is 2.75. The second kappa shape index (κ2) is 3.90. The molecule has 1 aliphatic rings. The summed E-state index contributed by atoms with van der Waals surface area (Å²) in [7, 11) is 1.70. The van der Waals surface area contributed by atoms with Gasteiger partial charge < -0.3 is 10.2 Å². The molecule has 1 N–H and O–H groups in total. The molecule has 0 aliphatic carbocycles. The van der Waals surface area contributed by atoms with Gasteiger partial charge in [0.1, 0.15) is 16.8 Å². The molecule has 1 atom stereocenters. The zero-order chi connectivity index (χ0) is 12.6. The lowest BCUT2D eigenvalue weighted by Gasteiger charge is -2.39. The van der Waals surface area contributed by atoms with Crippen molar-refractivity contribution in [3.8, 4) is 6.07 Å². The molecular formula is C12H13N3OS. The number of carbonyl (C=O) groups excluding carboxylic acids is 1. The molecular weight excluding hydrogens is 234 g/mol. The minimum Gasteiger partial charge on any atom is -0.361 e. The molecule has 0 bridgehead atoms. The van der Waals surface area contributed by atoms with Crippen molar-refractivity contribution >= 4 is 17.2 Å². The quantitative estimate of drug-likeness (QED) is 0.822. The Bertz CT molecular complexity index is 508. The minimum absolute atomic E-state index is 0.0307. The Morgan fingerprint density at radius 3 is 2.88 bits per heavy atom. The van der Waals surface area contributed by atoms with Gasteiger partial charge in [0, 0.05) is 11.9 Å². The Labute approximate surface area is 104 Å². The summed E-state index contributed by atoms with van der Waals surface area (Å²) in [5.74, 6) is 0.624. The van der Waals surface area contributed by atoms with Crippen molar-refractivity contribution in [2.75, 3.05) is 7.05 Å². The molecule has 17 heavy (non-hydrogen) atoms. The van der Waals surface area contributed by atoms with E-state index in [2.05, 4.69) is 18.0 Å². The van der Waals surface area contributed by atoms with E-state index in [-0.39, 0.29) is 5.91 Å². The first-order valence-corrected chi connectivity index (χ1v) is 6.02. The lowest BCUT2D eigenvalue weighted by Crippen LogP contribution is -2.52. The van der Waals surface area contributed by atoms with Gasteiger partial charge in [-0.2, -0.15) is 5.26 Å². The monoisotopic (exact) mass is 247 g/mol. The van der Waals surface area contributed by atoms with Crippen LogP contribution in [0.1, 0.15) is 23.1 Å². The second-order valence-corrected chi connectivity index (χ2v) is 5.39. The summed E-state index contributed by atoms with van der Waals surface area (Å²) in [5, 5.41) is 12.1. The van der Waals surface area contributed by atoms with E-state index in [1.165, 1.54) is 16.2 Å². The molecule has 1 saturated heterocycles. The van der Waals surface area contributed by atoms with Gasteiger partial charge in [-0.25, -0.2) is 0 Å². The SMILES string of the molecule is C=C1N[C@](C)(c2ccc(C#N)s2)CC(=O)N1C. The summed E-state index contributed by atoms with van der Waals surface area (Å²) in [5.41, 5.74) is -0.458. The lowest BCUT2D eigenvalue weighted by molar-refractivity contribution is -0.132. The van der Waals surface area contributed by atoms with Crippen molar-refractivity contribution in [3.05, 3.63) is 34.3 Å². The van der Waals surface area contributed by atoms with Gasteiger partial charge in [-0.1, -0.05) is 6.58 Å². The van der Waals surface area contributed by atoms with E-state index >= 15 is 0 Å². The largest absolute Gasteiger partial charge is 0.361 e. The molecule has 1 fully saturated rings. The van der Waals surface area contributed by atoms with Crippen LogP contribution < -0.4 is 5.32 Å². The molecule has 0 saturated carbocycles. The standard InChI is InChI=1S/C12H13N3OS/c1-8-14-12(2,6-11(16)15(8)3)10-5-4-9(7-13)17-10/h4-5,14H,1,6H2,2-3H3/t12-/m0/s1. The number of thiophene rings is 1. The molecule has 2 rings (SSSR count). The Balaban J connectivity index is 2.34. The van der Waals surface area contributed by atoms with Crippen molar-refractivity contribution in [3.63, 3.8) is 0 Å². The fraction of sp³-hybridized carbons (Fsp3) is 0.333. The van der Waals surface area contributed by atoms with Crippen molar-refractivity contribution in [2.24, 2.45) is 0 Å². The molecule has 0 aromatic carbocycles. The summed E-state index contributed by atoms with van der Waals surface area (Å²) < 4.78 is 0. The molecule has 1 aliphatic heterocycles. The highest BCUT2D eigenvalue weighted by Gasteiger charge is 2.37. The van der Waals surface area contributed by atoms with Crippen LogP contribution in [0.15, 0.2) is 24.5 Å². The normalized spacial score (nSPS) is 24.4. The third kappa shape index (κ3) is 1.92. The maximum absolute atomic E-state index is 11.8. The van der Waals surface area contributed by atoms with Crippen molar-refractivity contribution in [2.45, 2.75) is 18.9 Å². The van der Waals surface area contributed by atoms with Crippen LogP contribution in [0.2, 0.25) is 0 Å². The topological polar surface area (TPSA) is 56.1 Å². The third-order valence-corrected chi connectivity index (χ3v) is 4.22. The van der Waals surface area contributed by atoms with Crippen LogP contribution in [-0.2, 0) is 10.3 Å². The van der Waals surface area contributed by atoms with Crippen LogP contribution in [0.25, 0.3) is 0 Å². The average molecular weight is 247 g/mol. The summed E-state index contributed by atoms with van der Waals surface area (Å²) in [6.07, 6.45) is 0.369. The van der Waals surface area contributed by atoms with E-state index in [9.17, 15) is 4.79 Å². The first-order valence-electron chi connectivity index (χ1n) is 5.20. The van der Waals surface area contributed by atoms with Gasteiger partial charge in [0.25, 0.3) is 0 Å². The van der Waals surface area contributed by atoms with Crippen LogP contribution >= 0.6 is 11.3 Å². The maximum atomic E-state index is 11.8. The van der Waals surface area contributed by atoms with Crippen molar-refractivity contribution < 1.29 is 4.79 Å². The van der Waals surface area contributed by atoms with Crippen molar-refractivity contribution in [1.29, 1.82) is 5.26 Å². The van der Waals surface area contributed by atoms with Crippen LogP contribution in [0, 0.1) is 11.3 Å². The van der Waals surface area contributed by atoms with Crippen LogP contribution in [0.3, 0.4) is 0 Å². The van der Waals surface area contributed by atoms with Gasteiger partial charge in [-0.3, -0.25) is 4.79 Å². The second-order valence-electron chi connectivity index (χ2n) is 4.31. The fourth-order valence-corrected chi connectivity index (χ4v) is 2.76. The van der Waals surface area contributed by atoms with E-state index < -0.39 is 5.54 Å². The summed E-state index contributed by atoms with van der Waals surface area (Å²) in [4.78, 5) is 15.0. The minimum atomic E-state index is -0.458. The highest BCUT2D eigenvalue weighted by atomic mass is 32.1. The van der Waals surface area contributed by atoms with E-state index in [4.69, 9.17) is 5.26 Å². The summed E-state index contributed by atoms with van der Waals surface area (Å²) in [6, 6.07) is 5.78. The first-order chi connectivity index (χ1) is 7.96. The Morgan fingerprint density at radius 1 is 1.65 bits per heavy atom. The van der Waals surface area contributed by atoms with Gasteiger partial charge in [0.15, 0.2) is 0 Å². The molecule has 5 heteroatoms. The first kappa shape index (κ1) is 11.7. The third-order valence-electron chi connectivity index (χ3n) is 2.96. The van der Waals surface area contributed by atoms with Crippen LogP contribution in [-0.4, -0.2) is 17.9 Å².